The highest BCUT2D eigenvalue weighted by Gasteiger charge is 2.22. The van der Waals surface area contributed by atoms with Gasteiger partial charge >= 0.3 is 0 Å². The number of aldehydes is 1. The van der Waals surface area contributed by atoms with Crippen molar-refractivity contribution in [1.82, 2.24) is 0 Å². The largest absolute Gasteiger partial charge is 0.490 e. The van der Waals surface area contributed by atoms with E-state index in [2.05, 4.69) is 6.92 Å². The van der Waals surface area contributed by atoms with Crippen molar-refractivity contribution >= 4 is 17.1 Å². The van der Waals surface area contributed by atoms with Crippen molar-refractivity contribution in [3.8, 4) is 5.75 Å². The van der Waals surface area contributed by atoms with E-state index in [1.807, 2.05) is 36.4 Å². The van der Waals surface area contributed by atoms with E-state index in [9.17, 15) is 4.79 Å². The molecule has 1 fully saturated rings. The molecule has 0 aliphatic heterocycles. The molecule has 0 unspecified atom stereocenters. The Morgan fingerprint density at radius 3 is 2.57 bits per heavy atom. The molecule has 0 saturated heterocycles. The van der Waals surface area contributed by atoms with Gasteiger partial charge in [0.05, 0.1) is 11.7 Å². The van der Waals surface area contributed by atoms with Gasteiger partial charge in [0.2, 0.25) is 0 Å². The minimum absolute atomic E-state index is 0.257. The highest BCUT2D eigenvalue weighted by molar-refractivity contribution is 6.00. The number of ether oxygens (including phenoxy) is 1. The third-order valence-electron chi connectivity index (χ3n) is 4.71. The van der Waals surface area contributed by atoms with Crippen molar-refractivity contribution in [2.75, 3.05) is 0 Å². The first-order chi connectivity index (χ1) is 10.3. The van der Waals surface area contributed by atoms with E-state index in [1.54, 1.807) is 0 Å². The lowest BCUT2D eigenvalue weighted by molar-refractivity contribution is 0.110. The van der Waals surface area contributed by atoms with Gasteiger partial charge in [0.25, 0.3) is 0 Å². The molecule has 2 nitrogen and oxygen atoms in total. The number of fused-ring (bicyclic) bond motifs is 1. The lowest BCUT2D eigenvalue weighted by Crippen LogP contribution is -2.24. The Bertz CT molecular complexity index is 624. The van der Waals surface area contributed by atoms with E-state index in [0.717, 1.165) is 41.6 Å². The maximum atomic E-state index is 11.5. The second-order valence-corrected chi connectivity index (χ2v) is 5.99. The molecule has 21 heavy (non-hydrogen) atoms. The zero-order chi connectivity index (χ0) is 14.7. The van der Waals surface area contributed by atoms with Crippen molar-refractivity contribution in [3.63, 3.8) is 0 Å². The van der Waals surface area contributed by atoms with Gasteiger partial charge in [-0.2, -0.15) is 0 Å². The second-order valence-electron chi connectivity index (χ2n) is 5.99. The molecule has 0 aromatic heterocycles. The van der Waals surface area contributed by atoms with Crippen LogP contribution in [0.15, 0.2) is 36.4 Å². The van der Waals surface area contributed by atoms with Gasteiger partial charge in [0.15, 0.2) is 6.29 Å². The maximum Gasteiger partial charge on any atom is 0.154 e. The topological polar surface area (TPSA) is 26.3 Å². The van der Waals surface area contributed by atoms with Gasteiger partial charge < -0.3 is 4.74 Å². The van der Waals surface area contributed by atoms with Gasteiger partial charge in [0.1, 0.15) is 5.75 Å². The molecule has 0 N–H and O–H groups in total. The number of benzene rings is 2. The third kappa shape index (κ3) is 2.94. The molecule has 2 aromatic carbocycles. The lowest BCUT2D eigenvalue weighted by atomic mass is 9.86. The standard InChI is InChI=1S/C19H22O2/c1-2-14-7-10-16(11-8-14)21-19-12-9-15-5-3-4-6-17(15)18(19)13-20/h3-6,9,12-14,16H,2,7-8,10-11H2,1H3. The Morgan fingerprint density at radius 2 is 1.86 bits per heavy atom. The molecular formula is C19H22O2. The second kappa shape index (κ2) is 6.30. The SMILES string of the molecule is CCC1CCC(Oc2ccc3ccccc3c2C=O)CC1. The molecule has 1 saturated carbocycles. The van der Waals surface area contributed by atoms with Crippen LogP contribution in [0.1, 0.15) is 49.4 Å². The molecule has 2 aromatic rings. The van der Waals surface area contributed by atoms with Crippen LogP contribution in [0.25, 0.3) is 10.8 Å². The van der Waals surface area contributed by atoms with E-state index in [-0.39, 0.29) is 6.10 Å². The minimum Gasteiger partial charge on any atom is -0.490 e. The molecule has 0 amide bonds. The molecule has 2 heteroatoms. The van der Waals surface area contributed by atoms with Crippen molar-refractivity contribution in [3.05, 3.63) is 42.0 Å². The minimum atomic E-state index is 0.257. The van der Waals surface area contributed by atoms with Gasteiger partial charge in [-0.25, -0.2) is 0 Å². The summed E-state index contributed by atoms with van der Waals surface area (Å²) in [5.41, 5.74) is 0.686. The highest BCUT2D eigenvalue weighted by atomic mass is 16.5. The normalized spacial score (nSPS) is 22.1. The van der Waals surface area contributed by atoms with Crippen molar-refractivity contribution in [1.29, 1.82) is 0 Å². The van der Waals surface area contributed by atoms with E-state index in [1.165, 1.54) is 19.3 Å². The summed E-state index contributed by atoms with van der Waals surface area (Å²) in [6, 6.07) is 11.9. The van der Waals surface area contributed by atoms with E-state index in [0.29, 0.717) is 5.56 Å². The molecule has 0 bridgehead atoms. The Morgan fingerprint density at radius 1 is 1.10 bits per heavy atom. The predicted molar refractivity (Wildman–Crippen MR) is 86.0 cm³/mol. The van der Waals surface area contributed by atoms with Crippen LogP contribution in [0.4, 0.5) is 0 Å². The smallest absolute Gasteiger partial charge is 0.154 e. The Hall–Kier alpha value is -1.83. The van der Waals surface area contributed by atoms with Gasteiger partial charge in [-0.05, 0) is 48.4 Å². The maximum absolute atomic E-state index is 11.5. The molecule has 3 rings (SSSR count). The Balaban J connectivity index is 1.82. The fourth-order valence-electron chi connectivity index (χ4n) is 3.34. The van der Waals surface area contributed by atoms with Crippen molar-refractivity contribution in [2.24, 2.45) is 5.92 Å². The first-order valence-corrected chi connectivity index (χ1v) is 7.95. The van der Waals surface area contributed by atoms with E-state index in [4.69, 9.17) is 4.74 Å². The average Bonchev–Trinajstić information content (AvgIpc) is 2.55. The van der Waals surface area contributed by atoms with Gasteiger partial charge in [-0.3, -0.25) is 4.79 Å². The number of carbonyl (C=O) groups excluding carboxylic acids is 1. The van der Waals surface area contributed by atoms with Crippen LogP contribution in [0, 0.1) is 5.92 Å². The Labute approximate surface area is 126 Å². The monoisotopic (exact) mass is 282 g/mol. The van der Waals surface area contributed by atoms with Crippen LogP contribution in [-0.2, 0) is 0 Å². The highest BCUT2D eigenvalue weighted by Crippen LogP contribution is 2.32. The van der Waals surface area contributed by atoms with Crippen molar-refractivity contribution in [2.45, 2.75) is 45.1 Å². The molecule has 110 valence electrons. The number of rotatable bonds is 4. The predicted octanol–water partition coefficient (Wildman–Crippen LogP) is 5.00. The van der Waals surface area contributed by atoms with E-state index < -0.39 is 0 Å². The summed E-state index contributed by atoms with van der Waals surface area (Å²) in [6.45, 7) is 2.26. The fraction of sp³-hybridized carbons (Fsp3) is 0.421. The number of carbonyl (C=O) groups is 1. The zero-order valence-electron chi connectivity index (χ0n) is 12.5. The fourth-order valence-corrected chi connectivity index (χ4v) is 3.34. The molecule has 0 spiro atoms. The van der Waals surface area contributed by atoms with Crippen LogP contribution in [0.5, 0.6) is 5.75 Å². The van der Waals surface area contributed by atoms with Crippen LogP contribution in [0.3, 0.4) is 0 Å². The van der Waals surface area contributed by atoms with Crippen LogP contribution in [-0.4, -0.2) is 12.4 Å². The summed E-state index contributed by atoms with van der Waals surface area (Å²) in [6.07, 6.45) is 7.13. The summed E-state index contributed by atoms with van der Waals surface area (Å²) in [4.78, 5) is 11.5. The van der Waals surface area contributed by atoms with Crippen molar-refractivity contribution < 1.29 is 9.53 Å². The van der Waals surface area contributed by atoms with Crippen LogP contribution >= 0.6 is 0 Å². The van der Waals surface area contributed by atoms with Gasteiger partial charge in [-0.1, -0.05) is 43.7 Å². The molecule has 1 aliphatic carbocycles. The van der Waals surface area contributed by atoms with Gasteiger partial charge in [-0.15, -0.1) is 0 Å². The summed E-state index contributed by atoms with van der Waals surface area (Å²) < 4.78 is 6.15. The molecule has 0 radical (unpaired) electrons. The average molecular weight is 282 g/mol. The molecule has 0 atom stereocenters. The van der Waals surface area contributed by atoms with Crippen LogP contribution < -0.4 is 4.74 Å². The number of hydrogen-bond acceptors (Lipinski definition) is 2. The lowest BCUT2D eigenvalue weighted by Gasteiger charge is -2.28. The molecule has 0 heterocycles. The molecule has 1 aliphatic rings. The quantitative estimate of drug-likeness (QED) is 0.738. The first kappa shape index (κ1) is 14.1. The van der Waals surface area contributed by atoms with Crippen LogP contribution in [0.2, 0.25) is 0 Å². The summed E-state index contributed by atoms with van der Waals surface area (Å²) in [7, 11) is 0. The first-order valence-electron chi connectivity index (χ1n) is 7.95. The summed E-state index contributed by atoms with van der Waals surface area (Å²) in [5.74, 6) is 1.59. The summed E-state index contributed by atoms with van der Waals surface area (Å²) >= 11 is 0. The van der Waals surface area contributed by atoms with E-state index >= 15 is 0 Å². The Kier molecular flexibility index (Phi) is 4.23. The van der Waals surface area contributed by atoms with Gasteiger partial charge in [0, 0.05) is 0 Å². The summed E-state index contributed by atoms with van der Waals surface area (Å²) in [5, 5.41) is 2.06. The third-order valence-corrected chi connectivity index (χ3v) is 4.71. The number of hydrogen-bond donors (Lipinski definition) is 0. The molecular weight excluding hydrogens is 260 g/mol. The zero-order valence-corrected chi connectivity index (χ0v) is 12.5.